The van der Waals surface area contributed by atoms with Crippen molar-refractivity contribution in [3.8, 4) is 0 Å². The third-order valence-corrected chi connectivity index (χ3v) is 9.17. The largest absolute Gasteiger partial charge is 0.711 e. The zero-order valence-corrected chi connectivity index (χ0v) is 27.7. The van der Waals surface area contributed by atoms with Crippen molar-refractivity contribution >= 4 is 46.7 Å². The highest BCUT2D eigenvalue weighted by molar-refractivity contribution is 6.35. The van der Waals surface area contributed by atoms with Gasteiger partial charge in [0.25, 0.3) is 11.7 Å². The van der Waals surface area contributed by atoms with Crippen LogP contribution in [0.2, 0.25) is 10.0 Å². The fourth-order valence-electron chi connectivity index (χ4n) is 6.43. The molecule has 2 aliphatic rings. The standard InChI is InChI=1S/C34H40Cl2N6O4/c1-38(33(43)26-21-27(35)23-28(36)22-26)24-31(37-46-2)30(25-9-4-3-5-10-25)14-20-39-18-12-29(13-19-39)40-15-8-16-41(34(40)44)32-11-6-7-17-42(32)45/h3-7,9-11,17,21-23,29-30H,8,12-16,18-20,24H2,1-2H3/b37-31+. The number of urea groups is 1. The van der Waals surface area contributed by atoms with E-state index in [2.05, 4.69) is 22.2 Å². The Morgan fingerprint density at radius 1 is 1.04 bits per heavy atom. The maximum Gasteiger partial charge on any atom is 0.411 e. The SMILES string of the molecule is CO/N=C(\CN(C)C(=O)c1cc(Cl)cc(Cl)c1)C(CCN1CCC(N2CCCN(c3cccc[n+]3[O-])C2=O)CC1)c1ccccc1. The smallest absolute Gasteiger partial charge is 0.411 e. The van der Waals surface area contributed by atoms with Gasteiger partial charge in [-0.15, -0.1) is 0 Å². The lowest BCUT2D eigenvalue weighted by molar-refractivity contribution is -0.591. The number of amides is 3. The van der Waals surface area contributed by atoms with E-state index in [4.69, 9.17) is 28.0 Å². The highest BCUT2D eigenvalue weighted by Gasteiger charge is 2.39. The zero-order chi connectivity index (χ0) is 32.6. The minimum atomic E-state index is -0.217. The van der Waals surface area contributed by atoms with E-state index in [0.29, 0.717) is 34.5 Å². The van der Waals surface area contributed by atoms with Gasteiger partial charge in [0, 0.05) is 66.7 Å². The third kappa shape index (κ3) is 8.10. The van der Waals surface area contributed by atoms with E-state index < -0.39 is 0 Å². The maximum atomic E-state index is 13.4. The van der Waals surface area contributed by atoms with Gasteiger partial charge in [-0.05, 0) is 55.6 Å². The molecule has 2 fully saturated rings. The van der Waals surface area contributed by atoms with Crippen LogP contribution >= 0.6 is 23.2 Å². The number of aromatic nitrogens is 1. The van der Waals surface area contributed by atoms with Gasteiger partial charge in [0.1, 0.15) is 7.11 Å². The summed E-state index contributed by atoms with van der Waals surface area (Å²) in [6.07, 6.45) is 4.75. The molecule has 3 heterocycles. The number of likely N-dealkylation sites (tertiary alicyclic amines) is 1. The quantitative estimate of drug-likeness (QED) is 0.114. The first-order chi connectivity index (χ1) is 22.2. The van der Waals surface area contributed by atoms with Crippen molar-refractivity contribution in [2.24, 2.45) is 5.16 Å². The van der Waals surface area contributed by atoms with Gasteiger partial charge < -0.3 is 24.7 Å². The minimum absolute atomic E-state index is 0.0843. The Balaban J connectivity index is 1.23. The Morgan fingerprint density at radius 3 is 2.41 bits per heavy atom. The van der Waals surface area contributed by atoms with E-state index in [9.17, 15) is 14.8 Å². The van der Waals surface area contributed by atoms with Crippen LogP contribution in [-0.4, -0.2) is 91.8 Å². The summed E-state index contributed by atoms with van der Waals surface area (Å²) in [5.74, 6) is 0.0723. The average molecular weight is 668 g/mol. The molecule has 2 saturated heterocycles. The van der Waals surface area contributed by atoms with Gasteiger partial charge in [-0.1, -0.05) is 64.8 Å². The Bertz CT molecular complexity index is 1510. The van der Waals surface area contributed by atoms with Crippen molar-refractivity contribution in [1.29, 1.82) is 0 Å². The predicted octanol–water partition coefficient (Wildman–Crippen LogP) is 5.67. The number of halogens is 2. The molecule has 0 spiro atoms. The Hall–Kier alpha value is -3.86. The monoisotopic (exact) mass is 666 g/mol. The number of rotatable bonds is 11. The summed E-state index contributed by atoms with van der Waals surface area (Å²) in [6, 6.07) is 20.1. The summed E-state index contributed by atoms with van der Waals surface area (Å²) in [6.45, 7) is 4.03. The van der Waals surface area contributed by atoms with Crippen LogP contribution in [0.4, 0.5) is 10.6 Å². The van der Waals surface area contributed by atoms with Crippen molar-refractivity contribution in [3.63, 3.8) is 0 Å². The summed E-state index contributed by atoms with van der Waals surface area (Å²) in [7, 11) is 3.25. The van der Waals surface area contributed by atoms with Crippen LogP contribution < -0.4 is 9.63 Å². The lowest BCUT2D eigenvalue weighted by atomic mass is 9.89. The molecular weight excluding hydrogens is 627 g/mol. The van der Waals surface area contributed by atoms with Crippen LogP contribution in [-0.2, 0) is 4.84 Å². The molecule has 1 atom stereocenters. The molecule has 46 heavy (non-hydrogen) atoms. The number of hydrogen-bond acceptors (Lipinski definition) is 6. The molecule has 2 aromatic carbocycles. The molecule has 1 aromatic heterocycles. The van der Waals surface area contributed by atoms with E-state index >= 15 is 0 Å². The average Bonchev–Trinajstić information content (AvgIpc) is 3.05. The van der Waals surface area contributed by atoms with Crippen molar-refractivity contribution < 1.29 is 19.2 Å². The van der Waals surface area contributed by atoms with Crippen molar-refractivity contribution in [2.75, 3.05) is 58.3 Å². The summed E-state index contributed by atoms with van der Waals surface area (Å²) < 4.78 is 0.759. The molecule has 2 aliphatic heterocycles. The zero-order valence-electron chi connectivity index (χ0n) is 26.2. The van der Waals surface area contributed by atoms with Crippen LogP contribution in [0.5, 0.6) is 0 Å². The van der Waals surface area contributed by atoms with Gasteiger partial charge in [0.15, 0.2) is 0 Å². The minimum Gasteiger partial charge on any atom is -0.711 e. The van der Waals surface area contributed by atoms with Gasteiger partial charge in [0.2, 0.25) is 0 Å². The van der Waals surface area contributed by atoms with Crippen LogP contribution in [0, 0.1) is 5.21 Å². The van der Waals surface area contributed by atoms with E-state index in [-0.39, 0.29) is 30.4 Å². The highest BCUT2D eigenvalue weighted by atomic mass is 35.5. The lowest BCUT2D eigenvalue weighted by Gasteiger charge is -2.41. The van der Waals surface area contributed by atoms with Crippen LogP contribution in [0.15, 0.2) is 78.1 Å². The number of benzene rings is 2. The number of pyridine rings is 1. The second-order valence-electron chi connectivity index (χ2n) is 11.8. The Labute approximate surface area is 280 Å². The first-order valence-corrected chi connectivity index (χ1v) is 16.4. The molecule has 12 heteroatoms. The van der Waals surface area contributed by atoms with Gasteiger partial charge in [0.05, 0.1) is 25.0 Å². The Kier molecular flexibility index (Phi) is 11.4. The summed E-state index contributed by atoms with van der Waals surface area (Å²) >= 11 is 12.3. The molecule has 0 aliphatic carbocycles. The number of nitrogens with zero attached hydrogens (tertiary/aromatic N) is 6. The fraction of sp³-hybridized carbons (Fsp3) is 0.412. The number of carbonyl (C=O) groups excluding carboxylic acids is 2. The topological polar surface area (TPSA) is 95.6 Å². The first kappa shape index (κ1) is 33.5. The van der Waals surface area contributed by atoms with Crippen LogP contribution in [0.1, 0.15) is 47.5 Å². The fourth-order valence-corrected chi connectivity index (χ4v) is 6.96. The molecule has 244 valence electrons. The second kappa shape index (κ2) is 15.6. The summed E-state index contributed by atoms with van der Waals surface area (Å²) in [5, 5.41) is 17.6. The molecule has 1 unspecified atom stereocenters. The molecule has 0 N–H and O–H groups in total. The van der Waals surface area contributed by atoms with Crippen LogP contribution in [0.25, 0.3) is 0 Å². The van der Waals surface area contributed by atoms with E-state index in [0.717, 1.165) is 61.3 Å². The van der Waals surface area contributed by atoms with Crippen LogP contribution in [0.3, 0.4) is 0 Å². The molecule has 0 bridgehead atoms. The third-order valence-electron chi connectivity index (χ3n) is 8.74. The molecule has 5 rings (SSSR count). The molecular formula is C34H40Cl2N6O4. The number of oxime groups is 1. The molecule has 3 aromatic rings. The molecule has 3 amide bonds. The maximum absolute atomic E-state index is 13.4. The van der Waals surface area contributed by atoms with E-state index in [1.807, 2.05) is 23.1 Å². The van der Waals surface area contributed by atoms with Crippen molar-refractivity contribution in [3.05, 3.63) is 99.3 Å². The number of hydrogen-bond donors (Lipinski definition) is 0. The first-order valence-electron chi connectivity index (χ1n) is 15.6. The Morgan fingerprint density at radius 2 is 1.74 bits per heavy atom. The van der Waals surface area contributed by atoms with Gasteiger partial charge in [-0.2, -0.15) is 4.90 Å². The number of anilines is 1. The van der Waals surface area contributed by atoms with Crippen molar-refractivity contribution in [1.82, 2.24) is 14.7 Å². The van der Waals surface area contributed by atoms with E-state index in [1.54, 1.807) is 53.2 Å². The molecule has 0 saturated carbocycles. The van der Waals surface area contributed by atoms with Gasteiger partial charge >= 0.3 is 6.03 Å². The second-order valence-corrected chi connectivity index (χ2v) is 12.6. The lowest BCUT2D eigenvalue weighted by Crippen LogP contribution is -2.57. The molecule has 0 radical (unpaired) electrons. The normalized spacial score (nSPS) is 17.2. The summed E-state index contributed by atoms with van der Waals surface area (Å²) in [4.78, 5) is 39.6. The van der Waals surface area contributed by atoms with Crippen molar-refractivity contribution in [2.45, 2.75) is 37.6 Å². The number of carbonyl (C=O) groups is 2. The predicted molar refractivity (Wildman–Crippen MR) is 181 cm³/mol. The molecule has 10 nitrogen and oxygen atoms in total. The van der Waals surface area contributed by atoms with Gasteiger partial charge in [-0.3, -0.25) is 4.79 Å². The summed E-state index contributed by atoms with van der Waals surface area (Å²) in [5.41, 5.74) is 2.24. The highest BCUT2D eigenvalue weighted by Crippen LogP contribution is 2.27. The number of piperidine rings is 1. The van der Waals surface area contributed by atoms with E-state index in [1.165, 1.54) is 13.3 Å². The van der Waals surface area contributed by atoms with Gasteiger partial charge in [-0.25, -0.2) is 9.52 Å².